The Morgan fingerprint density at radius 2 is 2.05 bits per heavy atom. The van der Waals surface area contributed by atoms with E-state index in [1.807, 2.05) is 6.07 Å². The van der Waals surface area contributed by atoms with Crippen molar-refractivity contribution in [2.75, 3.05) is 12.4 Å². The molecule has 3 rings (SSSR count). The Labute approximate surface area is 117 Å². The van der Waals surface area contributed by atoms with Crippen LogP contribution >= 0.6 is 0 Å². The number of esters is 1. The summed E-state index contributed by atoms with van der Waals surface area (Å²) in [7, 11) is 1.32. The molecular weight excluding hydrogens is 254 g/mol. The van der Waals surface area contributed by atoms with Gasteiger partial charge in [-0.1, -0.05) is 30.3 Å². The summed E-state index contributed by atoms with van der Waals surface area (Å²) in [5.41, 5.74) is 1.55. The fraction of sp³-hybridized carbons (Fsp3) is 0.267. The summed E-state index contributed by atoms with van der Waals surface area (Å²) in [5, 5.41) is 3.32. The van der Waals surface area contributed by atoms with Crippen LogP contribution in [0, 0.1) is 0 Å². The van der Waals surface area contributed by atoms with Gasteiger partial charge in [0.15, 0.2) is 5.69 Å². The van der Waals surface area contributed by atoms with Crippen LogP contribution in [-0.4, -0.2) is 29.1 Å². The smallest absolute Gasteiger partial charge is 0.358 e. The molecule has 1 N–H and O–H groups in total. The number of benzene rings is 1. The van der Waals surface area contributed by atoms with Crippen LogP contribution in [0.2, 0.25) is 0 Å². The van der Waals surface area contributed by atoms with E-state index in [-0.39, 0.29) is 5.69 Å². The van der Waals surface area contributed by atoms with Crippen LogP contribution in [0.25, 0.3) is 0 Å². The molecule has 102 valence electrons. The summed E-state index contributed by atoms with van der Waals surface area (Å²) in [6.45, 7) is 0. The first kappa shape index (κ1) is 12.6. The standard InChI is InChI=1S/C15H15N3O2/c1-20-15(19)13-8-17-14(9-16-13)18-12-7-11(12)10-5-3-2-4-6-10/h2-6,8-9,11-12H,7H2,1H3,(H,17,18). The molecule has 1 aromatic heterocycles. The fourth-order valence-electron chi connectivity index (χ4n) is 2.23. The highest BCUT2D eigenvalue weighted by Gasteiger charge is 2.38. The number of carbonyl (C=O) groups excluding carboxylic acids is 1. The Kier molecular flexibility index (Phi) is 3.33. The molecule has 20 heavy (non-hydrogen) atoms. The van der Waals surface area contributed by atoms with Crippen molar-refractivity contribution in [3.8, 4) is 0 Å². The van der Waals surface area contributed by atoms with E-state index >= 15 is 0 Å². The lowest BCUT2D eigenvalue weighted by atomic mass is 10.1. The number of hydrogen-bond donors (Lipinski definition) is 1. The molecule has 1 aromatic carbocycles. The summed E-state index contributed by atoms with van der Waals surface area (Å²) >= 11 is 0. The maximum Gasteiger partial charge on any atom is 0.358 e. The van der Waals surface area contributed by atoms with Crippen LogP contribution < -0.4 is 5.32 Å². The third-order valence-corrected chi connectivity index (χ3v) is 3.40. The van der Waals surface area contributed by atoms with Gasteiger partial charge in [-0.2, -0.15) is 0 Å². The predicted molar refractivity (Wildman–Crippen MR) is 74.6 cm³/mol. The van der Waals surface area contributed by atoms with Crippen molar-refractivity contribution < 1.29 is 9.53 Å². The van der Waals surface area contributed by atoms with E-state index in [0.29, 0.717) is 17.8 Å². The number of carbonyl (C=O) groups is 1. The minimum absolute atomic E-state index is 0.216. The molecule has 0 bridgehead atoms. The van der Waals surface area contributed by atoms with E-state index in [1.165, 1.54) is 18.9 Å². The predicted octanol–water partition coefficient (Wildman–Crippen LogP) is 2.23. The van der Waals surface area contributed by atoms with E-state index in [1.54, 1.807) is 6.20 Å². The molecule has 0 amide bonds. The van der Waals surface area contributed by atoms with Crippen LogP contribution in [0.15, 0.2) is 42.7 Å². The Bertz CT molecular complexity index is 598. The summed E-state index contributed by atoms with van der Waals surface area (Å²) in [6.07, 6.45) is 4.07. The number of ether oxygens (including phenoxy) is 1. The number of nitrogens with one attached hydrogen (secondary N) is 1. The van der Waals surface area contributed by atoms with E-state index in [2.05, 4.69) is 44.3 Å². The van der Waals surface area contributed by atoms with Gasteiger partial charge in [-0.25, -0.2) is 14.8 Å². The molecule has 0 aliphatic heterocycles. The lowest BCUT2D eigenvalue weighted by Crippen LogP contribution is -2.09. The molecule has 2 aromatic rings. The van der Waals surface area contributed by atoms with E-state index in [0.717, 1.165) is 6.42 Å². The first-order chi connectivity index (χ1) is 9.78. The number of aromatic nitrogens is 2. The molecule has 2 atom stereocenters. The van der Waals surface area contributed by atoms with Gasteiger partial charge in [0.25, 0.3) is 0 Å². The van der Waals surface area contributed by atoms with Crippen molar-refractivity contribution in [1.82, 2.24) is 9.97 Å². The highest BCUT2D eigenvalue weighted by molar-refractivity contribution is 5.86. The minimum Gasteiger partial charge on any atom is -0.464 e. The van der Waals surface area contributed by atoms with Crippen molar-refractivity contribution in [1.29, 1.82) is 0 Å². The topological polar surface area (TPSA) is 64.1 Å². The van der Waals surface area contributed by atoms with Crippen molar-refractivity contribution in [2.45, 2.75) is 18.4 Å². The van der Waals surface area contributed by atoms with Gasteiger partial charge in [0, 0.05) is 12.0 Å². The summed E-state index contributed by atoms with van der Waals surface area (Å²) in [5.74, 6) is 0.733. The van der Waals surface area contributed by atoms with Crippen molar-refractivity contribution in [3.63, 3.8) is 0 Å². The van der Waals surface area contributed by atoms with Gasteiger partial charge in [-0.05, 0) is 12.0 Å². The average Bonchev–Trinajstić information content (AvgIpc) is 3.27. The second-order valence-corrected chi connectivity index (χ2v) is 4.78. The van der Waals surface area contributed by atoms with E-state index in [4.69, 9.17) is 0 Å². The first-order valence-electron chi connectivity index (χ1n) is 6.50. The summed E-state index contributed by atoms with van der Waals surface area (Å²) < 4.78 is 4.58. The van der Waals surface area contributed by atoms with Crippen LogP contribution in [0.3, 0.4) is 0 Å². The van der Waals surface area contributed by atoms with Crippen LogP contribution in [0.1, 0.15) is 28.4 Å². The Hall–Kier alpha value is -2.43. The molecule has 1 fully saturated rings. The fourth-order valence-corrected chi connectivity index (χ4v) is 2.23. The average molecular weight is 269 g/mol. The second kappa shape index (κ2) is 5.28. The van der Waals surface area contributed by atoms with Gasteiger partial charge < -0.3 is 10.1 Å². The number of rotatable bonds is 4. The van der Waals surface area contributed by atoms with Gasteiger partial charge in [0.05, 0.1) is 19.5 Å². The highest BCUT2D eigenvalue weighted by Crippen LogP contribution is 2.42. The molecule has 1 heterocycles. The van der Waals surface area contributed by atoms with E-state index < -0.39 is 5.97 Å². The zero-order valence-corrected chi connectivity index (χ0v) is 11.1. The molecule has 5 nitrogen and oxygen atoms in total. The third kappa shape index (κ3) is 2.61. The first-order valence-corrected chi connectivity index (χ1v) is 6.50. The lowest BCUT2D eigenvalue weighted by molar-refractivity contribution is 0.0593. The number of nitrogens with zero attached hydrogens (tertiary/aromatic N) is 2. The number of hydrogen-bond acceptors (Lipinski definition) is 5. The summed E-state index contributed by atoms with van der Waals surface area (Å²) in [4.78, 5) is 19.5. The zero-order chi connectivity index (χ0) is 13.9. The molecule has 0 saturated heterocycles. The SMILES string of the molecule is COC(=O)c1cnc(NC2CC2c2ccccc2)cn1. The quantitative estimate of drug-likeness (QED) is 0.862. The minimum atomic E-state index is -0.474. The Morgan fingerprint density at radius 3 is 2.70 bits per heavy atom. The van der Waals surface area contributed by atoms with Crippen molar-refractivity contribution in [2.24, 2.45) is 0 Å². The number of methoxy groups -OCH3 is 1. The molecule has 1 aliphatic carbocycles. The molecule has 0 radical (unpaired) electrons. The van der Waals surface area contributed by atoms with Gasteiger partial charge in [0.2, 0.25) is 0 Å². The monoisotopic (exact) mass is 269 g/mol. The van der Waals surface area contributed by atoms with Crippen LogP contribution in [0.4, 0.5) is 5.82 Å². The normalized spacial score (nSPS) is 20.2. The molecule has 1 saturated carbocycles. The van der Waals surface area contributed by atoms with E-state index in [9.17, 15) is 4.79 Å². The highest BCUT2D eigenvalue weighted by atomic mass is 16.5. The molecule has 2 unspecified atom stereocenters. The third-order valence-electron chi connectivity index (χ3n) is 3.40. The Morgan fingerprint density at radius 1 is 1.25 bits per heavy atom. The summed E-state index contributed by atoms with van der Waals surface area (Å²) in [6, 6.07) is 10.8. The number of anilines is 1. The van der Waals surface area contributed by atoms with Gasteiger partial charge in [-0.3, -0.25) is 0 Å². The molecule has 5 heteroatoms. The van der Waals surface area contributed by atoms with Gasteiger partial charge in [0.1, 0.15) is 5.82 Å². The molecule has 1 aliphatic rings. The Balaban J connectivity index is 1.61. The molecular formula is C15H15N3O2. The zero-order valence-electron chi connectivity index (χ0n) is 11.1. The van der Waals surface area contributed by atoms with Crippen LogP contribution in [-0.2, 0) is 4.74 Å². The van der Waals surface area contributed by atoms with Crippen molar-refractivity contribution in [3.05, 3.63) is 54.0 Å². The van der Waals surface area contributed by atoms with Crippen LogP contribution in [0.5, 0.6) is 0 Å². The maximum absolute atomic E-state index is 11.3. The largest absolute Gasteiger partial charge is 0.464 e. The lowest BCUT2D eigenvalue weighted by Gasteiger charge is -2.05. The van der Waals surface area contributed by atoms with Crippen molar-refractivity contribution >= 4 is 11.8 Å². The molecule has 0 spiro atoms. The van der Waals surface area contributed by atoms with Gasteiger partial charge >= 0.3 is 5.97 Å². The second-order valence-electron chi connectivity index (χ2n) is 4.78. The van der Waals surface area contributed by atoms with Gasteiger partial charge in [-0.15, -0.1) is 0 Å². The maximum atomic E-state index is 11.3.